The van der Waals surface area contributed by atoms with Crippen molar-refractivity contribution in [1.29, 1.82) is 0 Å². The van der Waals surface area contributed by atoms with Crippen molar-refractivity contribution >= 4 is 17.5 Å². The van der Waals surface area contributed by atoms with Crippen molar-refractivity contribution in [3.8, 4) is 5.75 Å². The van der Waals surface area contributed by atoms with Gasteiger partial charge in [-0.3, -0.25) is 4.79 Å². The Kier molecular flexibility index (Phi) is 5.88. The summed E-state index contributed by atoms with van der Waals surface area (Å²) >= 11 is 6.02. The lowest BCUT2D eigenvalue weighted by molar-refractivity contribution is 0.0725. The molecule has 1 aliphatic heterocycles. The first-order valence-corrected chi connectivity index (χ1v) is 7.87. The van der Waals surface area contributed by atoms with Gasteiger partial charge in [-0.25, -0.2) is 0 Å². The summed E-state index contributed by atoms with van der Waals surface area (Å²) in [6.45, 7) is 5.53. The molecule has 1 N–H and O–H groups in total. The molecular weight excluding hydrogens is 288 g/mol. The van der Waals surface area contributed by atoms with Crippen LogP contribution >= 0.6 is 11.6 Å². The van der Waals surface area contributed by atoms with Gasteiger partial charge in [0.15, 0.2) is 0 Å². The smallest absolute Gasteiger partial charge is 0.257 e. The van der Waals surface area contributed by atoms with Crippen LogP contribution in [0.2, 0.25) is 5.02 Å². The van der Waals surface area contributed by atoms with Gasteiger partial charge in [-0.2, -0.15) is 0 Å². The second-order valence-corrected chi connectivity index (χ2v) is 5.84. The zero-order chi connectivity index (χ0) is 15.2. The Morgan fingerprint density at radius 2 is 2.33 bits per heavy atom. The molecule has 116 valence electrons. The summed E-state index contributed by atoms with van der Waals surface area (Å²) in [7, 11) is 1.57. The highest BCUT2D eigenvalue weighted by atomic mass is 35.5. The third kappa shape index (κ3) is 4.11. The number of methoxy groups -OCH3 is 1. The van der Waals surface area contributed by atoms with Crippen LogP contribution in [0.4, 0.5) is 0 Å². The van der Waals surface area contributed by atoms with Crippen LogP contribution in [0.25, 0.3) is 0 Å². The first-order chi connectivity index (χ1) is 10.2. The van der Waals surface area contributed by atoms with Gasteiger partial charge in [0, 0.05) is 18.1 Å². The highest BCUT2D eigenvalue weighted by molar-refractivity contribution is 6.31. The minimum Gasteiger partial charge on any atom is -0.496 e. The molecule has 0 saturated carbocycles. The molecule has 1 atom stereocenters. The number of rotatable bonds is 5. The van der Waals surface area contributed by atoms with Crippen molar-refractivity contribution in [1.82, 2.24) is 10.2 Å². The molecule has 1 amide bonds. The number of amides is 1. The van der Waals surface area contributed by atoms with E-state index in [4.69, 9.17) is 16.3 Å². The van der Waals surface area contributed by atoms with E-state index in [2.05, 4.69) is 5.32 Å². The lowest BCUT2D eigenvalue weighted by Crippen LogP contribution is -2.41. The Hall–Kier alpha value is -1.26. The SMILES string of the molecule is CCN(CC1CCCNC1)C(=O)c1cc(Cl)ccc1OC. The first kappa shape index (κ1) is 16.1. The van der Waals surface area contributed by atoms with Gasteiger partial charge in [0.05, 0.1) is 12.7 Å². The number of nitrogens with zero attached hydrogens (tertiary/aromatic N) is 1. The average molecular weight is 311 g/mol. The van der Waals surface area contributed by atoms with Crippen LogP contribution in [0.5, 0.6) is 5.75 Å². The molecule has 0 bridgehead atoms. The third-order valence-corrected chi connectivity index (χ3v) is 4.17. The van der Waals surface area contributed by atoms with Crippen LogP contribution in [-0.4, -0.2) is 44.1 Å². The maximum Gasteiger partial charge on any atom is 0.257 e. The van der Waals surface area contributed by atoms with Gasteiger partial charge in [-0.15, -0.1) is 0 Å². The second kappa shape index (κ2) is 7.66. The number of nitrogens with one attached hydrogen (secondary N) is 1. The van der Waals surface area contributed by atoms with Crippen LogP contribution in [0, 0.1) is 5.92 Å². The van der Waals surface area contributed by atoms with E-state index in [0.29, 0.717) is 28.8 Å². The molecule has 1 aliphatic rings. The first-order valence-electron chi connectivity index (χ1n) is 7.49. The topological polar surface area (TPSA) is 41.6 Å². The molecule has 1 unspecified atom stereocenters. The number of carbonyl (C=O) groups is 1. The van der Waals surface area contributed by atoms with Crippen molar-refractivity contribution in [3.63, 3.8) is 0 Å². The second-order valence-electron chi connectivity index (χ2n) is 5.40. The summed E-state index contributed by atoms with van der Waals surface area (Å²) < 4.78 is 5.29. The summed E-state index contributed by atoms with van der Waals surface area (Å²) in [5, 5.41) is 3.94. The van der Waals surface area contributed by atoms with E-state index in [9.17, 15) is 4.79 Å². The van der Waals surface area contributed by atoms with Gasteiger partial charge in [0.2, 0.25) is 0 Å². The molecule has 1 aromatic rings. The normalized spacial score (nSPS) is 18.3. The summed E-state index contributed by atoms with van der Waals surface area (Å²) in [5.41, 5.74) is 0.538. The zero-order valence-electron chi connectivity index (χ0n) is 12.7. The Labute approximate surface area is 131 Å². The van der Waals surface area contributed by atoms with Crippen molar-refractivity contribution in [2.24, 2.45) is 5.92 Å². The Balaban J connectivity index is 2.13. The minimum atomic E-state index is -0.0116. The quantitative estimate of drug-likeness (QED) is 0.909. The van der Waals surface area contributed by atoms with E-state index in [1.807, 2.05) is 11.8 Å². The van der Waals surface area contributed by atoms with Crippen LogP contribution < -0.4 is 10.1 Å². The average Bonchev–Trinajstić information content (AvgIpc) is 2.53. The van der Waals surface area contributed by atoms with E-state index in [1.54, 1.807) is 25.3 Å². The molecular formula is C16H23ClN2O2. The van der Waals surface area contributed by atoms with E-state index in [0.717, 1.165) is 19.6 Å². The van der Waals surface area contributed by atoms with E-state index in [1.165, 1.54) is 12.8 Å². The maximum absolute atomic E-state index is 12.7. The Morgan fingerprint density at radius 3 is 2.95 bits per heavy atom. The van der Waals surface area contributed by atoms with E-state index < -0.39 is 0 Å². The molecule has 1 fully saturated rings. The molecule has 4 nitrogen and oxygen atoms in total. The molecule has 0 aromatic heterocycles. The molecule has 0 aliphatic carbocycles. The number of hydrogen-bond donors (Lipinski definition) is 1. The minimum absolute atomic E-state index is 0.0116. The molecule has 1 aromatic carbocycles. The van der Waals surface area contributed by atoms with Crippen molar-refractivity contribution in [2.45, 2.75) is 19.8 Å². The predicted molar refractivity (Wildman–Crippen MR) is 85.2 cm³/mol. The van der Waals surface area contributed by atoms with Crippen molar-refractivity contribution in [3.05, 3.63) is 28.8 Å². The molecule has 1 heterocycles. The number of hydrogen-bond acceptors (Lipinski definition) is 3. The highest BCUT2D eigenvalue weighted by Gasteiger charge is 2.23. The molecule has 0 radical (unpaired) electrons. The van der Waals surface area contributed by atoms with Crippen LogP contribution in [0.3, 0.4) is 0 Å². The summed E-state index contributed by atoms with van der Waals surface area (Å²) in [4.78, 5) is 14.6. The number of carbonyl (C=O) groups excluding carboxylic acids is 1. The monoisotopic (exact) mass is 310 g/mol. The fourth-order valence-corrected chi connectivity index (χ4v) is 2.94. The van der Waals surface area contributed by atoms with Gasteiger partial charge >= 0.3 is 0 Å². The molecule has 5 heteroatoms. The number of ether oxygens (including phenoxy) is 1. The third-order valence-electron chi connectivity index (χ3n) is 3.94. The molecule has 1 saturated heterocycles. The lowest BCUT2D eigenvalue weighted by Gasteiger charge is -2.30. The highest BCUT2D eigenvalue weighted by Crippen LogP contribution is 2.24. The van der Waals surface area contributed by atoms with Crippen LogP contribution in [-0.2, 0) is 0 Å². The van der Waals surface area contributed by atoms with Crippen LogP contribution in [0.1, 0.15) is 30.1 Å². The lowest BCUT2D eigenvalue weighted by atomic mass is 9.98. The largest absolute Gasteiger partial charge is 0.496 e. The van der Waals surface area contributed by atoms with E-state index in [-0.39, 0.29) is 5.91 Å². The molecule has 0 spiro atoms. The molecule has 2 rings (SSSR count). The standard InChI is InChI=1S/C16H23ClN2O2/c1-3-19(11-12-5-4-8-18-10-12)16(20)14-9-13(17)6-7-15(14)21-2/h6-7,9,12,18H,3-5,8,10-11H2,1-2H3. The van der Waals surface area contributed by atoms with Gasteiger partial charge in [-0.1, -0.05) is 11.6 Å². The zero-order valence-corrected chi connectivity index (χ0v) is 13.4. The van der Waals surface area contributed by atoms with Crippen molar-refractivity contribution in [2.75, 3.05) is 33.3 Å². The summed E-state index contributed by atoms with van der Waals surface area (Å²) in [6, 6.07) is 5.16. The summed E-state index contributed by atoms with van der Waals surface area (Å²) in [5.74, 6) is 1.08. The Bertz CT molecular complexity index is 487. The van der Waals surface area contributed by atoms with Gasteiger partial charge < -0.3 is 15.0 Å². The maximum atomic E-state index is 12.7. The number of benzene rings is 1. The predicted octanol–water partition coefficient (Wildman–Crippen LogP) is 2.81. The van der Waals surface area contributed by atoms with E-state index >= 15 is 0 Å². The Morgan fingerprint density at radius 1 is 1.52 bits per heavy atom. The fraction of sp³-hybridized carbons (Fsp3) is 0.562. The number of piperidine rings is 1. The van der Waals surface area contributed by atoms with Gasteiger partial charge in [0.1, 0.15) is 5.75 Å². The van der Waals surface area contributed by atoms with Gasteiger partial charge in [-0.05, 0) is 57.0 Å². The van der Waals surface area contributed by atoms with Crippen molar-refractivity contribution < 1.29 is 9.53 Å². The number of halogens is 1. The summed E-state index contributed by atoms with van der Waals surface area (Å²) in [6.07, 6.45) is 2.35. The fourth-order valence-electron chi connectivity index (χ4n) is 2.76. The van der Waals surface area contributed by atoms with Gasteiger partial charge in [0.25, 0.3) is 5.91 Å². The molecule has 21 heavy (non-hydrogen) atoms. The van der Waals surface area contributed by atoms with Crippen LogP contribution in [0.15, 0.2) is 18.2 Å².